The van der Waals surface area contributed by atoms with Crippen molar-refractivity contribution in [2.75, 3.05) is 0 Å². The molecule has 1 aromatic carbocycles. The van der Waals surface area contributed by atoms with Crippen LogP contribution < -0.4 is 10.2 Å². The summed E-state index contributed by atoms with van der Waals surface area (Å²) in [6, 6.07) is 10.0. The maximum Gasteiger partial charge on any atom is 2.00 e. The molecule has 0 aliphatic heterocycles. The normalized spacial score (nSPS) is 8.47. The standard InChI is InChI=1S/C8H8.C4H4O4.Co/c1-2-8-6-4-3-5-7-8;5-3(6)1-2-4(7)8;/h2-7H,1H2;1-2H,(H,5,6)(H,7,8);/q;;+2/p-2/b;2-1-;. The van der Waals surface area contributed by atoms with Crippen molar-refractivity contribution >= 4 is 18.0 Å². The number of hydrogen-bond acceptors (Lipinski definition) is 4. The van der Waals surface area contributed by atoms with Crippen LogP contribution >= 0.6 is 0 Å². The second kappa shape index (κ2) is 10.7. The number of rotatable bonds is 3. The quantitative estimate of drug-likeness (QED) is 0.689. The van der Waals surface area contributed by atoms with E-state index in [0.29, 0.717) is 12.2 Å². The topological polar surface area (TPSA) is 80.3 Å². The third-order valence-electron chi connectivity index (χ3n) is 1.39. The van der Waals surface area contributed by atoms with Crippen LogP contribution in [0.3, 0.4) is 0 Å². The largest absolute Gasteiger partial charge is 2.00 e. The van der Waals surface area contributed by atoms with E-state index in [1.54, 1.807) is 0 Å². The molecule has 0 spiro atoms. The van der Waals surface area contributed by atoms with Crippen LogP contribution in [-0.2, 0) is 26.4 Å². The van der Waals surface area contributed by atoms with Crippen molar-refractivity contribution in [3.63, 3.8) is 0 Å². The molecular formula is C12H10CoO4. The maximum absolute atomic E-state index is 9.41. The number of benzene rings is 1. The van der Waals surface area contributed by atoms with Gasteiger partial charge in [-0.05, 0) is 17.7 Å². The summed E-state index contributed by atoms with van der Waals surface area (Å²) >= 11 is 0. The fraction of sp³-hybridized carbons (Fsp3) is 0. The summed E-state index contributed by atoms with van der Waals surface area (Å²) in [6.45, 7) is 3.63. The molecule has 0 aromatic heterocycles. The van der Waals surface area contributed by atoms with Crippen LogP contribution in [0, 0.1) is 0 Å². The number of aliphatic carboxylic acids is 2. The van der Waals surface area contributed by atoms with E-state index in [1.807, 2.05) is 36.4 Å². The van der Waals surface area contributed by atoms with E-state index in [4.69, 9.17) is 0 Å². The molecule has 0 aliphatic rings. The fourth-order valence-electron chi connectivity index (χ4n) is 0.725. The minimum Gasteiger partial charge on any atom is -0.545 e. The second-order valence-corrected chi connectivity index (χ2v) is 2.59. The fourth-order valence-corrected chi connectivity index (χ4v) is 0.725. The Morgan fingerprint density at radius 3 is 1.65 bits per heavy atom. The molecule has 0 aliphatic carbocycles. The van der Waals surface area contributed by atoms with Crippen LogP contribution in [0.15, 0.2) is 49.1 Å². The van der Waals surface area contributed by atoms with Crippen LogP contribution in [-0.4, -0.2) is 11.9 Å². The minimum atomic E-state index is -1.55. The molecular weight excluding hydrogens is 267 g/mol. The van der Waals surface area contributed by atoms with Gasteiger partial charge in [0, 0.05) is 0 Å². The van der Waals surface area contributed by atoms with Gasteiger partial charge in [-0.3, -0.25) is 0 Å². The van der Waals surface area contributed by atoms with Crippen LogP contribution in [0.1, 0.15) is 5.56 Å². The van der Waals surface area contributed by atoms with Gasteiger partial charge >= 0.3 is 16.8 Å². The molecule has 1 rings (SSSR count). The Kier molecular flexibility index (Phi) is 11.0. The van der Waals surface area contributed by atoms with Crippen molar-refractivity contribution in [2.45, 2.75) is 0 Å². The van der Waals surface area contributed by atoms with E-state index in [-0.39, 0.29) is 16.8 Å². The zero-order valence-electron chi connectivity index (χ0n) is 8.79. The van der Waals surface area contributed by atoms with Crippen molar-refractivity contribution < 1.29 is 36.6 Å². The molecule has 0 saturated heterocycles. The second-order valence-electron chi connectivity index (χ2n) is 2.59. The number of carboxylic acids is 2. The number of carboxylic acid groups (broad SMARTS) is 2. The first-order valence-electron chi connectivity index (χ1n) is 4.33. The molecule has 17 heavy (non-hydrogen) atoms. The van der Waals surface area contributed by atoms with E-state index in [1.165, 1.54) is 5.56 Å². The summed E-state index contributed by atoms with van der Waals surface area (Å²) in [6.07, 6.45) is 2.60. The number of carbonyl (C=O) groups excluding carboxylic acids is 2. The van der Waals surface area contributed by atoms with Crippen LogP contribution in [0.4, 0.5) is 0 Å². The van der Waals surface area contributed by atoms with Gasteiger partial charge in [0.2, 0.25) is 0 Å². The van der Waals surface area contributed by atoms with Gasteiger partial charge in [-0.2, -0.15) is 0 Å². The molecule has 1 aromatic rings. The zero-order chi connectivity index (χ0) is 12.4. The van der Waals surface area contributed by atoms with Crippen LogP contribution in [0.2, 0.25) is 0 Å². The first kappa shape index (κ1) is 17.5. The first-order valence-corrected chi connectivity index (χ1v) is 4.33. The average molecular weight is 277 g/mol. The summed E-state index contributed by atoms with van der Waals surface area (Å²) in [5.41, 5.74) is 1.17. The monoisotopic (exact) mass is 277 g/mol. The first-order chi connectivity index (χ1) is 7.56. The van der Waals surface area contributed by atoms with Gasteiger partial charge in [-0.25, -0.2) is 0 Å². The Balaban J connectivity index is 0. The predicted molar refractivity (Wildman–Crippen MR) is 55.7 cm³/mol. The van der Waals surface area contributed by atoms with Gasteiger partial charge in [-0.15, -0.1) is 0 Å². The average Bonchev–Trinajstić information content (AvgIpc) is 2.28. The molecule has 0 saturated carbocycles. The van der Waals surface area contributed by atoms with Crippen molar-refractivity contribution in [3.05, 3.63) is 54.6 Å². The summed E-state index contributed by atoms with van der Waals surface area (Å²) in [7, 11) is 0. The van der Waals surface area contributed by atoms with E-state index < -0.39 is 11.9 Å². The molecule has 5 heteroatoms. The molecule has 0 bridgehead atoms. The Bertz CT molecular complexity index is 369. The van der Waals surface area contributed by atoms with E-state index in [0.717, 1.165) is 0 Å². The van der Waals surface area contributed by atoms with Gasteiger partial charge in [0.1, 0.15) is 0 Å². The zero-order valence-corrected chi connectivity index (χ0v) is 9.83. The SMILES string of the molecule is C=Cc1ccccc1.O=C([O-])/C=C\C(=O)[O-].[Co+2]. The van der Waals surface area contributed by atoms with Crippen LogP contribution in [0.5, 0.6) is 0 Å². The molecule has 0 amide bonds. The minimum absolute atomic E-state index is 0. The number of carbonyl (C=O) groups is 2. The van der Waals surface area contributed by atoms with Gasteiger partial charge < -0.3 is 19.8 Å². The third kappa shape index (κ3) is 12.1. The molecule has 0 atom stereocenters. The molecule has 0 N–H and O–H groups in total. The number of hydrogen-bond donors (Lipinski definition) is 0. The summed E-state index contributed by atoms with van der Waals surface area (Å²) in [5.74, 6) is -3.09. The maximum atomic E-state index is 9.41. The smallest absolute Gasteiger partial charge is 0.545 e. The molecule has 1 radical (unpaired) electrons. The Hall–Kier alpha value is -1.85. The molecule has 0 heterocycles. The van der Waals surface area contributed by atoms with Gasteiger partial charge in [0.15, 0.2) is 0 Å². The van der Waals surface area contributed by atoms with Crippen molar-refractivity contribution in [1.82, 2.24) is 0 Å². The van der Waals surface area contributed by atoms with Crippen molar-refractivity contribution in [3.8, 4) is 0 Å². The van der Waals surface area contributed by atoms with E-state index in [9.17, 15) is 19.8 Å². The molecule has 0 unspecified atom stereocenters. The molecule has 91 valence electrons. The summed E-state index contributed by atoms with van der Waals surface area (Å²) in [5, 5.41) is 18.8. The van der Waals surface area contributed by atoms with Crippen molar-refractivity contribution in [2.24, 2.45) is 0 Å². The summed E-state index contributed by atoms with van der Waals surface area (Å²) in [4.78, 5) is 18.8. The van der Waals surface area contributed by atoms with E-state index in [2.05, 4.69) is 6.58 Å². The van der Waals surface area contributed by atoms with Crippen LogP contribution in [0.25, 0.3) is 6.08 Å². The van der Waals surface area contributed by atoms with E-state index >= 15 is 0 Å². The van der Waals surface area contributed by atoms with Crippen molar-refractivity contribution in [1.29, 1.82) is 0 Å². The predicted octanol–water partition coefficient (Wildman–Crippen LogP) is -0.631. The Labute approximate surface area is 109 Å². The van der Waals surface area contributed by atoms with Gasteiger partial charge in [0.25, 0.3) is 0 Å². The Morgan fingerprint density at radius 1 is 1.00 bits per heavy atom. The van der Waals surface area contributed by atoms with Gasteiger partial charge in [0.05, 0.1) is 11.9 Å². The third-order valence-corrected chi connectivity index (χ3v) is 1.39. The summed E-state index contributed by atoms with van der Waals surface area (Å²) < 4.78 is 0. The van der Waals surface area contributed by atoms with Gasteiger partial charge in [-0.1, -0.05) is 43.0 Å². The molecule has 4 nitrogen and oxygen atoms in total. The Morgan fingerprint density at radius 2 is 1.41 bits per heavy atom. The molecule has 0 fully saturated rings.